The van der Waals surface area contributed by atoms with E-state index in [-0.39, 0.29) is 23.7 Å². The first-order valence-corrected chi connectivity index (χ1v) is 12.2. The van der Waals surface area contributed by atoms with Gasteiger partial charge in [0.1, 0.15) is 17.6 Å². The van der Waals surface area contributed by atoms with Crippen molar-refractivity contribution in [2.75, 3.05) is 23.9 Å². The van der Waals surface area contributed by atoms with Crippen molar-refractivity contribution in [3.05, 3.63) is 89.5 Å². The molecule has 1 amide bonds. The second-order valence-electron chi connectivity index (χ2n) is 10.1. The molecular weight excluding hydrogens is 454 g/mol. The minimum Gasteiger partial charge on any atom is -0.497 e. The molecule has 1 atom stereocenters. The van der Waals surface area contributed by atoms with Crippen molar-refractivity contribution in [3.63, 3.8) is 0 Å². The SMILES string of the molecule is COc1ccc(CNC(=O)CN2c3ccccc3NC3=C(C(=O)CC(C)(C)C3)[C@@H]2c2ccco2)cc1. The van der Waals surface area contributed by atoms with Gasteiger partial charge in [-0.25, -0.2) is 0 Å². The zero-order valence-electron chi connectivity index (χ0n) is 20.8. The van der Waals surface area contributed by atoms with E-state index in [1.807, 2.05) is 65.6 Å². The molecule has 7 nitrogen and oxygen atoms in total. The van der Waals surface area contributed by atoms with Gasteiger partial charge in [0.05, 0.1) is 31.3 Å². The van der Waals surface area contributed by atoms with E-state index < -0.39 is 6.04 Å². The summed E-state index contributed by atoms with van der Waals surface area (Å²) in [5, 5.41) is 6.57. The molecule has 0 fully saturated rings. The van der Waals surface area contributed by atoms with Crippen LogP contribution in [0.1, 0.15) is 44.1 Å². The summed E-state index contributed by atoms with van der Waals surface area (Å²) in [5.41, 5.74) is 4.09. The van der Waals surface area contributed by atoms with E-state index in [1.165, 1.54) is 0 Å². The van der Waals surface area contributed by atoms with Crippen molar-refractivity contribution in [2.24, 2.45) is 5.41 Å². The van der Waals surface area contributed by atoms with Gasteiger partial charge in [-0.05, 0) is 53.8 Å². The number of carbonyl (C=O) groups excluding carboxylic acids is 2. The zero-order valence-corrected chi connectivity index (χ0v) is 20.8. The molecule has 0 bridgehead atoms. The van der Waals surface area contributed by atoms with Crippen LogP contribution in [-0.2, 0) is 16.1 Å². The Morgan fingerprint density at radius 3 is 2.61 bits per heavy atom. The number of rotatable bonds is 6. The van der Waals surface area contributed by atoms with Crippen molar-refractivity contribution in [3.8, 4) is 5.75 Å². The average molecular weight is 486 g/mol. The third-order valence-corrected chi connectivity index (χ3v) is 6.78. The van der Waals surface area contributed by atoms with Gasteiger partial charge in [0.15, 0.2) is 5.78 Å². The van der Waals surface area contributed by atoms with Gasteiger partial charge in [-0.3, -0.25) is 9.59 Å². The molecule has 0 saturated carbocycles. The summed E-state index contributed by atoms with van der Waals surface area (Å²) in [6.45, 7) is 4.68. The maximum absolute atomic E-state index is 13.6. The molecule has 2 N–H and O–H groups in total. The number of benzene rings is 2. The number of fused-ring (bicyclic) bond motifs is 1. The van der Waals surface area contributed by atoms with Crippen LogP contribution in [0.15, 0.2) is 82.6 Å². The fraction of sp³-hybridized carbons (Fsp3) is 0.310. The Bertz CT molecular complexity index is 1290. The van der Waals surface area contributed by atoms with E-state index in [0.29, 0.717) is 24.3 Å². The molecule has 1 aromatic heterocycles. The van der Waals surface area contributed by atoms with Crippen molar-refractivity contribution in [2.45, 2.75) is 39.3 Å². The summed E-state index contributed by atoms with van der Waals surface area (Å²) in [4.78, 5) is 28.8. The van der Waals surface area contributed by atoms with E-state index >= 15 is 0 Å². The summed E-state index contributed by atoms with van der Waals surface area (Å²) in [6.07, 6.45) is 2.79. The first-order chi connectivity index (χ1) is 17.3. The van der Waals surface area contributed by atoms with Crippen LogP contribution in [0.2, 0.25) is 0 Å². The Morgan fingerprint density at radius 1 is 1.11 bits per heavy atom. The molecule has 7 heteroatoms. The lowest BCUT2D eigenvalue weighted by atomic mass is 9.74. The number of carbonyl (C=O) groups is 2. The number of ether oxygens (including phenoxy) is 1. The van der Waals surface area contributed by atoms with Crippen LogP contribution in [0.3, 0.4) is 0 Å². The minimum absolute atomic E-state index is 0.0632. The van der Waals surface area contributed by atoms with Gasteiger partial charge in [0, 0.05) is 24.2 Å². The van der Waals surface area contributed by atoms with Gasteiger partial charge in [0.25, 0.3) is 0 Å². The number of anilines is 2. The number of para-hydroxylation sites is 2. The first-order valence-electron chi connectivity index (χ1n) is 12.2. The van der Waals surface area contributed by atoms with Gasteiger partial charge >= 0.3 is 0 Å². The molecule has 0 saturated heterocycles. The van der Waals surface area contributed by atoms with Crippen LogP contribution in [0, 0.1) is 5.41 Å². The molecule has 0 radical (unpaired) electrons. The fourth-order valence-corrected chi connectivity index (χ4v) is 5.12. The molecule has 0 spiro atoms. The summed E-state index contributed by atoms with van der Waals surface area (Å²) in [5.74, 6) is 1.33. The number of furan rings is 1. The zero-order chi connectivity index (χ0) is 25.3. The minimum atomic E-state index is -0.513. The Labute approximate surface area is 211 Å². The van der Waals surface area contributed by atoms with E-state index in [9.17, 15) is 9.59 Å². The number of nitrogens with zero attached hydrogens (tertiary/aromatic N) is 1. The number of hydrogen-bond acceptors (Lipinski definition) is 6. The highest BCUT2D eigenvalue weighted by Gasteiger charge is 2.42. The standard InChI is InChI=1S/C29H31N3O4/c1-29(2)15-22-27(24(33)16-29)28(25-9-6-14-36-25)32(23-8-5-4-7-21(23)31-22)18-26(34)30-17-19-10-12-20(35-3)13-11-19/h4-14,28,31H,15-18H2,1-3H3,(H,30,34)/t28-/m0/s1. The van der Waals surface area contributed by atoms with Crippen LogP contribution in [0.4, 0.5) is 11.4 Å². The van der Waals surface area contributed by atoms with Crippen molar-refractivity contribution >= 4 is 23.1 Å². The third kappa shape index (κ3) is 4.73. The van der Waals surface area contributed by atoms with Gasteiger partial charge < -0.3 is 24.7 Å². The number of Topliss-reactive ketones (excluding diaryl/α,β-unsaturated/α-hetero) is 1. The molecule has 3 aromatic rings. The predicted octanol–water partition coefficient (Wildman–Crippen LogP) is 5.22. The third-order valence-electron chi connectivity index (χ3n) is 6.78. The van der Waals surface area contributed by atoms with Gasteiger partial charge in [-0.2, -0.15) is 0 Å². The molecule has 36 heavy (non-hydrogen) atoms. The monoisotopic (exact) mass is 485 g/mol. The Hall–Kier alpha value is -4.00. The molecule has 1 aliphatic carbocycles. The molecule has 1 aliphatic heterocycles. The van der Waals surface area contributed by atoms with Crippen LogP contribution in [-0.4, -0.2) is 25.3 Å². The Balaban J connectivity index is 1.49. The quantitative estimate of drug-likeness (QED) is 0.498. The number of allylic oxidation sites excluding steroid dienone is 1. The van der Waals surface area contributed by atoms with Crippen LogP contribution >= 0.6 is 0 Å². The number of methoxy groups -OCH3 is 1. The molecule has 2 heterocycles. The second kappa shape index (κ2) is 9.57. The molecule has 2 aromatic carbocycles. The van der Waals surface area contributed by atoms with E-state index in [2.05, 4.69) is 24.5 Å². The van der Waals surface area contributed by atoms with Crippen molar-refractivity contribution < 1.29 is 18.7 Å². The predicted molar refractivity (Wildman–Crippen MR) is 139 cm³/mol. The number of ketones is 1. The Kier molecular flexibility index (Phi) is 6.31. The average Bonchev–Trinajstić information content (AvgIpc) is 3.34. The summed E-state index contributed by atoms with van der Waals surface area (Å²) < 4.78 is 11.1. The van der Waals surface area contributed by atoms with Crippen LogP contribution < -0.4 is 20.3 Å². The van der Waals surface area contributed by atoms with Crippen LogP contribution in [0.5, 0.6) is 5.75 Å². The van der Waals surface area contributed by atoms with E-state index in [0.717, 1.165) is 34.8 Å². The molecular formula is C29H31N3O4. The lowest BCUT2D eigenvalue weighted by molar-refractivity contribution is -0.121. The smallest absolute Gasteiger partial charge is 0.239 e. The van der Waals surface area contributed by atoms with Crippen molar-refractivity contribution in [1.29, 1.82) is 0 Å². The molecule has 186 valence electrons. The fourth-order valence-electron chi connectivity index (χ4n) is 5.12. The normalized spacial score (nSPS) is 18.6. The number of amides is 1. The summed E-state index contributed by atoms with van der Waals surface area (Å²) in [6, 6.07) is 18.6. The molecule has 0 unspecified atom stereocenters. The highest BCUT2D eigenvalue weighted by atomic mass is 16.5. The molecule has 2 aliphatic rings. The van der Waals surface area contributed by atoms with Gasteiger partial charge in [0.2, 0.25) is 5.91 Å². The summed E-state index contributed by atoms with van der Waals surface area (Å²) in [7, 11) is 1.62. The molecule has 5 rings (SSSR count). The van der Waals surface area contributed by atoms with Crippen molar-refractivity contribution in [1.82, 2.24) is 5.32 Å². The Morgan fingerprint density at radius 2 is 1.89 bits per heavy atom. The largest absolute Gasteiger partial charge is 0.497 e. The van der Waals surface area contributed by atoms with Crippen LogP contribution in [0.25, 0.3) is 0 Å². The first kappa shape index (κ1) is 23.7. The maximum Gasteiger partial charge on any atom is 0.239 e. The summed E-state index contributed by atoms with van der Waals surface area (Å²) >= 11 is 0. The lowest BCUT2D eigenvalue weighted by Gasteiger charge is -2.36. The lowest BCUT2D eigenvalue weighted by Crippen LogP contribution is -2.41. The van der Waals surface area contributed by atoms with Gasteiger partial charge in [-0.15, -0.1) is 0 Å². The van der Waals surface area contributed by atoms with Gasteiger partial charge in [-0.1, -0.05) is 38.1 Å². The van der Waals surface area contributed by atoms with E-state index in [1.54, 1.807) is 13.4 Å². The number of hydrogen-bond donors (Lipinski definition) is 2. The maximum atomic E-state index is 13.6. The highest BCUT2D eigenvalue weighted by Crippen LogP contribution is 2.48. The second-order valence-corrected chi connectivity index (χ2v) is 10.1. The highest BCUT2D eigenvalue weighted by molar-refractivity contribution is 6.01. The van der Waals surface area contributed by atoms with E-state index in [4.69, 9.17) is 9.15 Å². The topological polar surface area (TPSA) is 83.8 Å². The number of nitrogens with one attached hydrogen (secondary N) is 2.